The molecule has 0 aliphatic carbocycles. The first kappa shape index (κ1) is 20.9. The van der Waals surface area contributed by atoms with Crippen LogP contribution in [0.1, 0.15) is 34.0 Å². The Hall–Kier alpha value is -3.99. The first-order valence-electron chi connectivity index (χ1n) is 11.1. The summed E-state index contributed by atoms with van der Waals surface area (Å²) in [6.45, 7) is 4.58. The first-order chi connectivity index (χ1) is 16.1. The van der Waals surface area contributed by atoms with Crippen molar-refractivity contribution in [1.29, 1.82) is 0 Å². The molecule has 166 valence electrons. The molecule has 5 rings (SSSR count). The Morgan fingerprint density at radius 2 is 1.76 bits per heavy atom. The van der Waals surface area contributed by atoms with Gasteiger partial charge >= 0.3 is 6.03 Å². The number of amides is 2. The third-order valence-electron chi connectivity index (χ3n) is 6.30. The van der Waals surface area contributed by atoms with Gasteiger partial charge in [0.1, 0.15) is 11.8 Å². The van der Waals surface area contributed by atoms with Crippen molar-refractivity contribution in [2.24, 2.45) is 0 Å². The number of fused-ring (bicyclic) bond motifs is 3. The maximum atomic E-state index is 13.9. The van der Waals surface area contributed by atoms with Gasteiger partial charge in [0.05, 0.1) is 25.0 Å². The van der Waals surface area contributed by atoms with Crippen molar-refractivity contribution in [2.45, 2.75) is 26.4 Å². The second-order valence-corrected chi connectivity index (χ2v) is 8.45. The van der Waals surface area contributed by atoms with Crippen LogP contribution in [0.5, 0.6) is 5.75 Å². The number of nitrogens with zero attached hydrogens (tertiary/aromatic N) is 2. The molecule has 0 saturated carbocycles. The van der Waals surface area contributed by atoms with Gasteiger partial charge < -0.3 is 19.5 Å². The lowest BCUT2D eigenvalue weighted by Crippen LogP contribution is -2.38. The van der Waals surface area contributed by atoms with Crippen molar-refractivity contribution in [3.05, 3.63) is 113 Å². The van der Waals surface area contributed by atoms with E-state index in [1.54, 1.807) is 7.11 Å². The van der Waals surface area contributed by atoms with E-state index in [0.29, 0.717) is 18.0 Å². The Kier molecular flexibility index (Phi) is 5.38. The smallest absolute Gasteiger partial charge is 0.323 e. The fraction of sp³-hybridized carbons (Fsp3) is 0.179. The highest BCUT2D eigenvalue weighted by atomic mass is 16.5. The van der Waals surface area contributed by atoms with E-state index in [4.69, 9.17) is 4.74 Å². The maximum absolute atomic E-state index is 13.9. The van der Waals surface area contributed by atoms with Crippen molar-refractivity contribution < 1.29 is 9.53 Å². The van der Waals surface area contributed by atoms with Gasteiger partial charge in [0, 0.05) is 11.9 Å². The van der Waals surface area contributed by atoms with Gasteiger partial charge in [0.2, 0.25) is 0 Å². The van der Waals surface area contributed by atoms with E-state index in [1.165, 1.54) is 0 Å². The summed E-state index contributed by atoms with van der Waals surface area (Å²) in [5.74, 6) is 0.639. The molecule has 33 heavy (non-hydrogen) atoms. The lowest BCUT2D eigenvalue weighted by Gasteiger charge is -2.32. The summed E-state index contributed by atoms with van der Waals surface area (Å²) in [4.78, 5) is 15.8. The predicted molar refractivity (Wildman–Crippen MR) is 131 cm³/mol. The number of nitrogens with one attached hydrogen (secondary N) is 1. The Morgan fingerprint density at radius 1 is 0.970 bits per heavy atom. The standard InChI is InChI=1S/C28H27N3O2/c1-19-14-15-26(33-3)23(17-19)29-28(32)31-18-21-10-5-7-12-24(21)30-16-8-13-25(30)27(31)22-11-6-4-9-20(22)2/h4-17,27H,18H2,1-3H3,(H,29,32). The van der Waals surface area contributed by atoms with E-state index in [2.05, 4.69) is 53.3 Å². The van der Waals surface area contributed by atoms with Crippen molar-refractivity contribution in [3.8, 4) is 11.4 Å². The molecule has 1 atom stereocenters. The third kappa shape index (κ3) is 3.76. The molecule has 3 aromatic carbocycles. The van der Waals surface area contributed by atoms with Gasteiger partial charge in [-0.2, -0.15) is 0 Å². The fourth-order valence-electron chi connectivity index (χ4n) is 4.67. The Bertz CT molecular complexity index is 1320. The molecule has 2 heterocycles. The van der Waals surface area contributed by atoms with E-state index in [1.807, 2.05) is 60.4 Å². The average molecular weight is 438 g/mol. The molecular formula is C28H27N3O2. The van der Waals surface area contributed by atoms with Crippen LogP contribution in [-0.2, 0) is 6.54 Å². The fourth-order valence-corrected chi connectivity index (χ4v) is 4.67. The third-order valence-corrected chi connectivity index (χ3v) is 6.30. The van der Waals surface area contributed by atoms with Crippen molar-refractivity contribution >= 4 is 11.7 Å². The molecule has 5 heteroatoms. The topological polar surface area (TPSA) is 46.5 Å². The lowest BCUT2D eigenvalue weighted by molar-refractivity contribution is 0.194. The molecule has 1 aromatic heterocycles. The van der Waals surface area contributed by atoms with Crippen LogP contribution in [0.25, 0.3) is 5.69 Å². The summed E-state index contributed by atoms with van der Waals surface area (Å²) in [5, 5.41) is 3.13. The molecule has 1 N–H and O–H groups in total. The number of hydrogen-bond acceptors (Lipinski definition) is 2. The van der Waals surface area contributed by atoms with Crippen molar-refractivity contribution in [2.75, 3.05) is 12.4 Å². The number of methoxy groups -OCH3 is 1. The summed E-state index contributed by atoms with van der Waals surface area (Å²) < 4.78 is 7.71. The molecule has 0 fully saturated rings. The van der Waals surface area contributed by atoms with Crippen LogP contribution in [0.3, 0.4) is 0 Å². The number of benzene rings is 3. The van der Waals surface area contributed by atoms with Crippen LogP contribution in [0.4, 0.5) is 10.5 Å². The highest BCUT2D eigenvalue weighted by Gasteiger charge is 2.33. The molecule has 0 bridgehead atoms. The first-order valence-corrected chi connectivity index (χ1v) is 11.1. The number of ether oxygens (including phenoxy) is 1. The van der Waals surface area contributed by atoms with Gasteiger partial charge in [-0.3, -0.25) is 0 Å². The zero-order valence-electron chi connectivity index (χ0n) is 19.1. The van der Waals surface area contributed by atoms with Crippen LogP contribution >= 0.6 is 0 Å². The number of hydrogen-bond donors (Lipinski definition) is 1. The van der Waals surface area contributed by atoms with E-state index in [-0.39, 0.29) is 12.1 Å². The number of para-hydroxylation sites is 1. The number of aromatic nitrogens is 1. The predicted octanol–water partition coefficient (Wildman–Crippen LogP) is 6.24. The molecule has 5 nitrogen and oxygen atoms in total. The molecule has 0 spiro atoms. The monoisotopic (exact) mass is 437 g/mol. The van der Waals surface area contributed by atoms with E-state index in [9.17, 15) is 4.79 Å². The van der Waals surface area contributed by atoms with Crippen molar-refractivity contribution in [1.82, 2.24) is 9.47 Å². The van der Waals surface area contributed by atoms with E-state index in [0.717, 1.165) is 33.6 Å². The lowest BCUT2D eigenvalue weighted by atomic mass is 9.97. The molecule has 4 aromatic rings. The van der Waals surface area contributed by atoms with E-state index >= 15 is 0 Å². The van der Waals surface area contributed by atoms with Gasteiger partial charge in [0.15, 0.2) is 0 Å². The Morgan fingerprint density at radius 3 is 2.58 bits per heavy atom. The summed E-state index contributed by atoms with van der Waals surface area (Å²) in [6, 6.07) is 26.1. The molecular weight excluding hydrogens is 410 g/mol. The number of carbonyl (C=O) groups excluding carboxylic acids is 1. The molecule has 1 aliphatic heterocycles. The minimum atomic E-state index is -0.246. The molecule has 0 saturated heterocycles. The summed E-state index contributed by atoms with van der Waals surface area (Å²) in [5.41, 5.74) is 7.22. The Balaban J connectivity index is 1.65. The molecule has 0 radical (unpaired) electrons. The highest BCUT2D eigenvalue weighted by molar-refractivity contribution is 5.92. The second kappa shape index (κ2) is 8.51. The zero-order chi connectivity index (χ0) is 22.9. The average Bonchev–Trinajstić information content (AvgIpc) is 3.24. The number of rotatable bonds is 3. The van der Waals surface area contributed by atoms with E-state index < -0.39 is 0 Å². The number of aryl methyl sites for hydroxylation is 2. The van der Waals surface area contributed by atoms with Crippen LogP contribution in [0.2, 0.25) is 0 Å². The highest BCUT2D eigenvalue weighted by Crippen LogP contribution is 2.38. The number of urea groups is 1. The number of carbonyl (C=O) groups is 1. The van der Waals surface area contributed by atoms with Gasteiger partial charge in [-0.15, -0.1) is 0 Å². The minimum Gasteiger partial charge on any atom is -0.495 e. The largest absolute Gasteiger partial charge is 0.495 e. The number of anilines is 1. The van der Waals surface area contributed by atoms with Gasteiger partial charge in [0.25, 0.3) is 0 Å². The minimum absolute atomic E-state index is 0.170. The maximum Gasteiger partial charge on any atom is 0.323 e. The van der Waals surface area contributed by atoms with Crippen molar-refractivity contribution in [3.63, 3.8) is 0 Å². The summed E-state index contributed by atoms with van der Waals surface area (Å²) >= 11 is 0. The van der Waals surface area contributed by atoms with Gasteiger partial charge in [-0.25, -0.2) is 4.79 Å². The zero-order valence-corrected chi connectivity index (χ0v) is 19.1. The summed E-state index contributed by atoms with van der Waals surface area (Å²) in [7, 11) is 1.62. The van der Waals surface area contributed by atoms with Gasteiger partial charge in [-0.1, -0.05) is 48.5 Å². The second-order valence-electron chi connectivity index (χ2n) is 8.45. The molecule has 2 amide bonds. The van der Waals surface area contributed by atoms with Crippen LogP contribution < -0.4 is 10.1 Å². The van der Waals surface area contributed by atoms with Crippen LogP contribution in [0.15, 0.2) is 85.1 Å². The summed E-state index contributed by atoms with van der Waals surface area (Å²) in [6.07, 6.45) is 2.07. The quantitative estimate of drug-likeness (QED) is 0.412. The normalized spacial score (nSPS) is 14.8. The van der Waals surface area contributed by atoms with Crippen LogP contribution in [0, 0.1) is 13.8 Å². The SMILES string of the molecule is COc1ccc(C)cc1NC(=O)N1Cc2ccccc2-n2cccc2C1c1ccccc1C. The Labute approximate surface area is 194 Å². The van der Waals surface area contributed by atoms with Crippen LogP contribution in [-0.4, -0.2) is 22.6 Å². The molecule has 1 aliphatic rings. The van der Waals surface area contributed by atoms with Gasteiger partial charge in [-0.05, 0) is 66.4 Å². The molecule has 1 unspecified atom stereocenters.